The van der Waals surface area contributed by atoms with Crippen LogP contribution in [0.5, 0.6) is 0 Å². The van der Waals surface area contributed by atoms with Crippen LogP contribution in [0.2, 0.25) is 0 Å². The van der Waals surface area contributed by atoms with E-state index in [0.29, 0.717) is 0 Å². The number of hydrogen-bond acceptors (Lipinski definition) is 2. The minimum atomic E-state index is 0.776. The largest absolute Gasteiger partial charge is 0.310 e. The molecule has 0 aromatic rings. The van der Waals surface area contributed by atoms with Gasteiger partial charge in [0.2, 0.25) is 0 Å². The Morgan fingerprint density at radius 3 is 2.47 bits per heavy atom. The van der Waals surface area contributed by atoms with E-state index in [9.17, 15) is 0 Å². The lowest BCUT2D eigenvalue weighted by Crippen LogP contribution is -2.49. The lowest BCUT2D eigenvalue weighted by molar-refractivity contribution is 0.135. The minimum absolute atomic E-state index is 0.776. The van der Waals surface area contributed by atoms with Crippen molar-refractivity contribution >= 4 is 0 Å². The van der Waals surface area contributed by atoms with Crippen molar-refractivity contribution in [3.8, 4) is 0 Å². The molecule has 1 saturated heterocycles. The van der Waals surface area contributed by atoms with Gasteiger partial charge in [0.15, 0.2) is 0 Å². The SMILES string of the molecule is CC(C)CCC(C)N1CCCC(NC2CC2)C1. The molecule has 2 fully saturated rings. The summed E-state index contributed by atoms with van der Waals surface area (Å²) < 4.78 is 0. The molecule has 1 heterocycles. The van der Waals surface area contributed by atoms with Crippen LogP contribution >= 0.6 is 0 Å². The Bertz CT molecular complexity index is 223. The van der Waals surface area contributed by atoms with E-state index in [2.05, 4.69) is 31.0 Å². The highest BCUT2D eigenvalue weighted by Gasteiger charge is 2.28. The third kappa shape index (κ3) is 4.59. The fourth-order valence-corrected chi connectivity index (χ4v) is 2.88. The third-order valence-electron chi connectivity index (χ3n) is 4.29. The first kappa shape index (κ1) is 13.4. The summed E-state index contributed by atoms with van der Waals surface area (Å²) in [4.78, 5) is 2.71. The zero-order valence-corrected chi connectivity index (χ0v) is 11.9. The maximum absolute atomic E-state index is 3.80. The van der Waals surface area contributed by atoms with Gasteiger partial charge in [0.05, 0.1) is 0 Å². The molecule has 2 unspecified atom stereocenters. The van der Waals surface area contributed by atoms with Gasteiger partial charge in [0.25, 0.3) is 0 Å². The highest BCUT2D eigenvalue weighted by atomic mass is 15.2. The zero-order valence-electron chi connectivity index (χ0n) is 11.9. The predicted molar refractivity (Wildman–Crippen MR) is 74.3 cm³/mol. The fourth-order valence-electron chi connectivity index (χ4n) is 2.88. The van der Waals surface area contributed by atoms with E-state index in [1.807, 2.05) is 0 Å². The van der Waals surface area contributed by atoms with Crippen molar-refractivity contribution in [1.82, 2.24) is 10.2 Å². The van der Waals surface area contributed by atoms with Crippen LogP contribution in [-0.4, -0.2) is 36.1 Å². The number of nitrogens with one attached hydrogen (secondary N) is 1. The lowest BCUT2D eigenvalue weighted by Gasteiger charge is -2.37. The van der Waals surface area contributed by atoms with Crippen LogP contribution in [0.4, 0.5) is 0 Å². The van der Waals surface area contributed by atoms with E-state index >= 15 is 0 Å². The fraction of sp³-hybridized carbons (Fsp3) is 1.00. The molecule has 2 nitrogen and oxygen atoms in total. The Morgan fingerprint density at radius 2 is 1.82 bits per heavy atom. The summed E-state index contributed by atoms with van der Waals surface area (Å²) in [5.74, 6) is 0.850. The van der Waals surface area contributed by atoms with Gasteiger partial charge in [-0.15, -0.1) is 0 Å². The maximum atomic E-state index is 3.80. The van der Waals surface area contributed by atoms with Gasteiger partial charge in [-0.25, -0.2) is 0 Å². The van der Waals surface area contributed by atoms with Gasteiger partial charge in [-0.3, -0.25) is 4.90 Å². The maximum Gasteiger partial charge on any atom is 0.0198 e. The first-order valence-corrected chi connectivity index (χ1v) is 7.65. The van der Waals surface area contributed by atoms with Gasteiger partial charge >= 0.3 is 0 Å². The molecule has 0 spiro atoms. The van der Waals surface area contributed by atoms with Crippen molar-refractivity contribution in [3.63, 3.8) is 0 Å². The minimum Gasteiger partial charge on any atom is -0.310 e. The summed E-state index contributed by atoms with van der Waals surface area (Å²) in [6.45, 7) is 9.69. The number of nitrogens with zero attached hydrogens (tertiary/aromatic N) is 1. The molecule has 1 saturated carbocycles. The second kappa shape index (κ2) is 6.19. The molecule has 1 aliphatic carbocycles. The number of piperidine rings is 1. The van der Waals surface area contributed by atoms with Gasteiger partial charge in [0.1, 0.15) is 0 Å². The average molecular weight is 238 g/mol. The molecular weight excluding hydrogens is 208 g/mol. The van der Waals surface area contributed by atoms with Crippen LogP contribution < -0.4 is 5.32 Å². The molecule has 100 valence electrons. The molecule has 0 radical (unpaired) electrons. The van der Waals surface area contributed by atoms with Crippen molar-refractivity contribution in [1.29, 1.82) is 0 Å². The smallest absolute Gasteiger partial charge is 0.0198 e. The zero-order chi connectivity index (χ0) is 12.3. The Hall–Kier alpha value is -0.0800. The molecule has 0 aromatic heterocycles. The molecule has 17 heavy (non-hydrogen) atoms. The van der Waals surface area contributed by atoms with Gasteiger partial charge < -0.3 is 5.32 Å². The monoisotopic (exact) mass is 238 g/mol. The molecular formula is C15H30N2. The first-order valence-electron chi connectivity index (χ1n) is 7.65. The molecule has 0 bridgehead atoms. The molecule has 1 N–H and O–H groups in total. The molecule has 2 aliphatic rings. The van der Waals surface area contributed by atoms with Crippen molar-refractivity contribution in [3.05, 3.63) is 0 Å². The third-order valence-corrected chi connectivity index (χ3v) is 4.29. The molecule has 2 atom stereocenters. The van der Waals surface area contributed by atoms with E-state index in [0.717, 1.165) is 24.0 Å². The number of hydrogen-bond donors (Lipinski definition) is 1. The summed E-state index contributed by atoms with van der Waals surface area (Å²) in [5.41, 5.74) is 0. The second-order valence-electron chi connectivity index (χ2n) is 6.60. The average Bonchev–Trinajstić information content (AvgIpc) is 3.10. The van der Waals surface area contributed by atoms with Gasteiger partial charge in [0, 0.05) is 24.7 Å². The van der Waals surface area contributed by atoms with Crippen molar-refractivity contribution < 1.29 is 0 Å². The Balaban J connectivity index is 1.71. The molecule has 0 amide bonds. The van der Waals surface area contributed by atoms with E-state index in [4.69, 9.17) is 0 Å². The van der Waals surface area contributed by atoms with Crippen LogP contribution in [0, 0.1) is 5.92 Å². The van der Waals surface area contributed by atoms with E-state index in [1.165, 1.54) is 51.6 Å². The second-order valence-corrected chi connectivity index (χ2v) is 6.60. The highest BCUT2D eigenvalue weighted by Crippen LogP contribution is 2.23. The molecule has 2 rings (SSSR count). The summed E-state index contributed by atoms with van der Waals surface area (Å²) in [5, 5.41) is 3.80. The molecule has 1 aliphatic heterocycles. The Kier molecular flexibility index (Phi) is 4.87. The summed E-state index contributed by atoms with van der Waals surface area (Å²) in [6.07, 6.45) is 8.35. The van der Waals surface area contributed by atoms with Crippen LogP contribution in [0.1, 0.15) is 59.3 Å². The van der Waals surface area contributed by atoms with Gasteiger partial charge in [-0.2, -0.15) is 0 Å². The van der Waals surface area contributed by atoms with Gasteiger partial charge in [-0.1, -0.05) is 13.8 Å². The van der Waals surface area contributed by atoms with E-state index in [1.54, 1.807) is 0 Å². The standard InChI is InChI=1S/C15H30N2/c1-12(2)6-7-13(3)17-10-4-5-15(11-17)16-14-8-9-14/h12-16H,4-11H2,1-3H3. The van der Waals surface area contributed by atoms with Crippen LogP contribution in [0.25, 0.3) is 0 Å². The van der Waals surface area contributed by atoms with Gasteiger partial charge in [-0.05, 0) is 57.9 Å². The quantitative estimate of drug-likeness (QED) is 0.765. The lowest BCUT2D eigenvalue weighted by atomic mass is 9.99. The summed E-state index contributed by atoms with van der Waals surface area (Å²) >= 11 is 0. The number of rotatable bonds is 6. The highest BCUT2D eigenvalue weighted by molar-refractivity contribution is 4.89. The normalized spacial score (nSPS) is 28.6. The summed E-state index contributed by atoms with van der Waals surface area (Å²) in [7, 11) is 0. The topological polar surface area (TPSA) is 15.3 Å². The predicted octanol–water partition coefficient (Wildman–Crippen LogP) is 3.03. The molecule has 2 heteroatoms. The van der Waals surface area contributed by atoms with Crippen LogP contribution in [0.3, 0.4) is 0 Å². The molecule has 0 aromatic carbocycles. The first-order chi connectivity index (χ1) is 8.15. The van der Waals surface area contributed by atoms with Crippen molar-refractivity contribution in [2.24, 2.45) is 5.92 Å². The van der Waals surface area contributed by atoms with Crippen LogP contribution in [0.15, 0.2) is 0 Å². The van der Waals surface area contributed by atoms with Crippen molar-refractivity contribution in [2.45, 2.75) is 77.4 Å². The van der Waals surface area contributed by atoms with Crippen LogP contribution in [-0.2, 0) is 0 Å². The van der Waals surface area contributed by atoms with E-state index in [-0.39, 0.29) is 0 Å². The Morgan fingerprint density at radius 1 is 1.06 bits per heavy atom. The Labute approximate surface area is 107 Å². The summed E-state index contributed by atoms with van der Waals surface area (Å²) in [6, 6.07) is 2.42. The number of likely N-dealkylation sites (tertiary alicyclic amines) is 1. The van der Waals surface area contributed by atoms with Crippen molar-refractivity contribution in [2.75, 3.05) is 13.1 Å². The van der Waals surface area contributed by atoms with E-state index < -0.39 is 0 Å².